The number of carbonyl (C=O) groups excluding carboxylic acids is 1. The third kappa shape index (κ3) is 2.90. The van der Waals surface area contributed by atoms with E-state index in [9.17, 15) is 4.79 Å². The van der Waals surface area contributed by atoms with Crippen LogP contribution in [0.2, 0.25) is 0 Å². The molecule has 3 nitrogen and oxygen atoms in total. The first-order chi connectivity index (χ1) is 9.86. The summed E-state index contributed by atoms with van der Waals surface area (Å²) in [5, 5.41) is 0. The Kier molecular flexibility index (Phi) is 4.82. The van der Waals surface area contributed by atoms with E-state index < -0.39 is 0 Å². The summed E-state index contributed by atoms with van der Waals surface area (Å²) < 4.78 is 11.1. The molecule has 0 amide bonds. The molecule has 120 valence electrons. The normalized spacial score (nSPS) is 38.4. The molecular formula is C18H30O3. The second-order valence-corrected chi connectivity index (χ2v) is 7.64. The van der Waals surface area contributed by atoms with Crippen LogP contribution < -0.4 is 0 Å². The third-order valence-electron chi connectivity index (χ3n) is 5.98. The SMILES string of the molecule is C=CCO[C@@H]1CCC2C(C)(C)CCCC2(C)[C@H]1C(=O)OC. The molecule has 2 unspecified atom stereocenters. The number of methoxy groups -OCH3 is 1. The lowest BCUT2D eigenvalue weighted by molar-refractivity contribution is -0.180. The molecule has 0 bridgehead atoms. The van der Waals surface area contributed by atoms with Gasteiger partial charge in [-0.05, 0) is 42.4 Å². The zero-order valence-corrected chi connectivity index (χ0v) is 14.0. The number of rotatable bonds is 4. The number of hydrogen-bond acceptors (Lipinski definition) is 3. The summed E-state index contributed by atoms with van der Waals surface area (Å²) >= 11 is 0. The van der Waals surface area contributed by atoms with Crippen LogP contribution in [0.15, 0.2) is 12.7 Å². The lowest BCUT2D eigenvalue weighted by Gasteiger charge is -2.58. The molecule has 2 fully saturated rings. The van der Waals surface area contributed by atoms with Crippen LogP contribution in [-0.2, 0) is 14.3 Å². The van der Waals surface area contributed by atoms with Crippen molar-refractivity contribution in [1.82, 2.24) is 0 Å². The van der Waals surface area contributed by atoms with Gasteiger partial charge in [0.25, 0.3) is 0 Å². The summed E-state index contributed by atoms with van der Waals surface area (Å²) in [6, 6.07) is 0. The summed E-state index contributed by atoms with van der Waals surface area (Å²) in [6.45, 7) is 11.2. The Morgan fingerprint density at radius 2 is 2.00 bits per heavy atom. The fraction of sp³-hybridized carbons (Fsp3) is 0.833. The predicted octanol–water partition coefficient (Wildman–Crippen LogP) is 3.97. The molecule has 2 saturated carbocycles. The number of hydrogen-bond donors (Lipinski definition) is 0. The highest BCUT2D eigenvalue weighted by Crippen LogP contribution is 2.60. The van der Waals surface area contributed by atoms with Crippen LogP contribution in [0.5, 0.6) is 0 Å². The van der Waals surface area contributed by atoms with Gasteiger partial charge in [0, 0.05) is 0 Å². The molecule has 0 spiro atoms. The minimum absolute atomic E-state index is 0.0150. The van der Waals surface area contributed by atoms with E-state index in [0.717, 1.165) is 19.3 Å². The molecule has 0 N–H and O–H groups in total. The number of fused-ring (bicyclic) bond motifs is 1. The highest BCUT2D eigenvalue weighted by Gasteiger charge is 2.57. The minimum atomic E-state index is -0.152. The summed E-state index contributed by atoms with van der Waals surface area (Å²) in [5.74, 6) is 0.307. The zero-order valence-electron chi connectivity index (χ0n) is 14.0. The molecule has 2 aliphatic carbocycles. The molecular weight excluding hydrogens is 264 g/mol. The van der Waals surface area contributed by atoms with Crippen molar-refractivity contribution in [3.05, 3.63) is 12.7 Å². The molecule has 0 aromatic rings. The molecule has 0 aliphatic heterocycles. The van der Waals surface area contributed by atoms with Crippen LogP contribution >= 0.6 is 0 Å². The van der Waals surface area contributed by atoms with E-state index in [1.165, 1.54) is 20.0 Å². The Morgan fingerprint density at radius 3 is 2.62 bits per heavy atom. The summed E-state index contributed by atoms with van der Waals surface area (Å²) in [7, 11) is 1.49. The first-order valence-corrected chi connectivity index (χ1v) is 8.17. The standard InChI is InChI=1S/C18H30O3/c1-6-12-21-13-8-9-14-17(2,3)10-7-11-18(14,4)15(13)16(19)20-5/h6,13-15H,1,7-12H2,2-5H3/t13-,14?,15-,18?/m1/s1. The van der Waals surface area contributed by atoms with Gasteiger partial charge in [-0.3, -0.25) is 4.79 Å². The maximum atomic E-state index is 12.5. The maximum absolute atomic E-state index is 12.5. The van der Waals surface area contributed by atoms with Crippen molar-refractivity contribution in [2.24, 2.45) is 22.7 Å². The van der Waals surface area contributed by atoms with Crippen LogP contribution in [-0.4, -0.2) is 25.8 Å². The zero-order chi connectivity index (χ0) is 15.7. The molecule has 0 aromatic heterocycles. The van der Waals surface area contributed by atoms with Gasteiger partial charge in [0.2, 0.25) is 0 Å². The second-order valence-electron chi connectivity index (χ2n) is 7.64. The van der Waals surface area contributed by atoms with Gasteiger partial charge < -0.3 is 9.47 Å². The van der Waals surface area contributed by atoms with Crippen molar-refractivity contribution >= 4 is 5.97 Å². The van der Waals surface area contributed by atoms with Crippen LogP contribution in [0.1, 0.15) is 52.9 Å². The van der Waals surface area contributed by atoms with Crippen molar-refractivity contribution in [1.29, 1.82) is 0 Å². The third-order valence-corrected chi connectivity index (χ3v) is 5.98. The van der Waals surface area contributed by atoms with Gasteiger partial charge >= 0.3 is 5.97 Å². The van der Waals surface area contributed by atoms with Crippen LogP contribution in [0.3, 0.4) is 0 Å². The van der Waals surface area contributed by atoms with Crippen molar-refractivity contribution in [3.63, 3.8) is 0 Å². The Morgan fingerprint density at radius 1 is 1.29 bits per heavy atom. The van der Waals surface area contributed by atoms with E-state index in [1.807, 2.05) is 0 Å². The topological polar surface area (TPSA) is 35.5 Å². The number of ether oxygens (including phenoxy) is 2. The van der Waals surface area contributed by atoms with Crippen LogP contribution in [0.25, 0.3) is 0 Å². The number of esters is 1. The molecule has 2 aliphatic rings. The summed E-state index contributed by atoms with van der Waals surface area (Å²) in [6.07, 6.45) is 7.32. The van der Waals surface area contributed by atoms with Crippen molar-refractivity contribution in [2.75, 3.05) is 13.7 Å². The molecule has 0 heterocycles. The molecule has 21 heavy (non-hydrogen) atoms. The largest absolute Gasteiger partial charge is 0.469 e. The maximum Gasteiger partial charge on any atom is 0.311 e. The van der Waals surface area contributed by atoms with Gasteiger partial charge in [0.05, 0.1) is 25.7 Å². The quantitative estimate of drug-likeness (QED) is 0.581. The van der Waals surface area contributed by atoms with E-state index in [-0.39, 0.29) is 23.4 Å². The Balaban J connectivity index is 2.33. The van der Waals surface area contributed by atoms with Crippen LogP contribution in [0, 0.1) is 22.7 Å². The van der Waals surface area contributed by atoms with Gasteiger partial charge in [-0.15, -0.1) is 6.58 Å². The Bertz CT molecular complexity index is 401. The Hall–Kier alpha value is -0.830. The van der Waals surface area contributed by atoms with E-state index in [2.05, 4.69) is 27.4 Å². The van der Waals surface area contributed by atoms with Gasteiger partial charge in [0.15, 0.2) is 0 Å². The average Bonchev–Trinajstić information content (AvgIpc) is 2.42. The van der Waals surface area contributed by atoms with Crippen molar-refractivity contribution < 1.29 is 14.3 Å². The second kappa shape index (κ2) is 6.12. The average molecular weight is 294 g/mol. The number of carbonyl (C=O) groups is 1. The van der Waals surface area contributed by atoms with E-state index in [0.29, 0.717) is 17.9 Å². The summed E-state index contributed by atoms with van der Waals surface area (Å²) in [4.78, 5) is 12.5. The lowest BCUT2D eigenvalue weighted by Crippen LogP contribution is -2.56. The highest BCUT2D eigenvalue weighted by molar-refractivity contribution is 5.74. The van der Waals surface area contributed by atoms with Crippen LogP contribution in [0.4, 0.5) is 0 Å². The van der Waals surface area contributed by atoms with Crippen molar-refractivity contribution in [2.45, 2.75) is 59.0 Å². The van der Waals surface area contributed by atoms with E-state index in [1.54, 1.807) is 6.08 Å². The molecule has 0 saturated heterocycles. The lowest BCUT2D eigenvalue weighted by atomic mass is 9.48. The van der Waals surface area contributed by atoms with Gasteiger partial charge in [-0.2, -0.15) is 0 Å². The molecule has 4 atom stereocenters. The predicted molar refractivity (Wildman–Crippen MR) is 83.9 cm³/mol. The monoisotopic (exact) mass is 294 g/mol. The highest BCUT2D eigenvalue weighted by atomic mass is 16.5. The van der Waals surface area contributed by atoms with Gasteiger partial charge in [-0.1, -0.05) is 33.3 Å². The fourth-order valence-corrected chi connectivity index (χ4v) is 5.10. The smallest absolute Gasteiger partial charge is 0.311 e. The Labute approximate surface area is 129 Å². The van der Waals surface area contributed by atoms with E-state index >= 15 is 0 Å². The van der Waals surface area contributed by atoms with E-state index in [4.69, 9.17) is 9.47 Å². The molecule has 0 radical (unpaired) electrons. The molecule has 2 rings (SSSR count). The fourth-order valence-electron chi connectivity index (χ4n) is 5.10. The molecule has 0 aromatic carbocycles. The van der Waals surface area contributed by atoms with Crippen molar-refractivity contribution in [3.8, 4) is 0 Å². The first kappa shape index (κ1) is 16.5. The first-order valence-electron chi connectivity index (χ1n) is 8.17. The molecule has 3 heteroatoms. The van der Waals surface area contributed by atoms with Gasteiger partial charge in [0.1, 0.15) is 0 Å². The minimum Gasteiger partial charge on any atom is -0.469 e. The van der Waals surface area contributed by atoms with Gasteiger partial charge in [-0.25, -0.2) is 0 Å². The summed E-state index contributed by atoms with van der Waals surface area (Å²) in [5.41, 5.74) is 0.279.